The van der Waals surface area contributed by atoms with E-state index in [9.17, 15) is 4.79 Å². The van der Waals surface area contributed by atoms with E-state index in [1.54, 1.807) is 0 Å². The van der Waals surface area contributed by atoms with Crippen molar-refractivity contribution in [2.75, 3.05) is 13.1 Å². The summed E-state index contributed by atoms with van der Waals surface area (Å²) in [6.07, 6.45) is 6.72. The number of aryl methyl sites for hydroxylation is 2. The van der Waals surface area contributed by atoms with Crippen LogP contribution in [-0.2, 0) is 11.3 Å². The predicted molar refractivity (Wildman–Crippen MR) is 73.2 cm³/mol. The van der Waals surface area contributed by atoms with E-state index >= 15 is 0 Å². The molecule has 0 aliphatic carbocycles. The van der Waals surface area contributed by atoms with E-state index in [-0.39, 0.29) is 22.9 Å². The minimum absolute atomic E-state index is 0. The number of hydrogen-bond acceptors (Lipinski definition) is 1. The molecule has 0 spiro atoms. The van der Waals surface area contributed by atoms with Gasteiger partial charge in [-0.2, -0.15) is 0 Å². The van der Waals surface area contributed by atoms with Crippen molar-refractivity contribution in [3.63, 3.8) is 0 Å². The van der Waals surface area contributed by atoms with Crippen LogP contribution in [0.2, 0.25) is 0 Å². The lowest BCUT2D eigenvalue weighted by atomic mass is 10.3. The zero-order chi connectivity index (χ0) is 13.4. The molecule has 19 heavy (non-hydrogen) atoms. The van der Waals surface area contributed by atoms with E-state index in [1.165, 1.54) is 5.56 Å². The van der Waals surface area contributed by atoms with Gasteiger partial charge in [-0.05, 0) is 25.3 Å². The average Bonchev–Trinajstić information content (AvgIpc) is 2.37. The summed E-state index contributed by atoms with van der Waals surface area (Å²) in [5, 5.41) is 0. The second-order valence-electron chi connectivity index (χ2n) is 4.74. The maximum absolute atomic E-state index is 12.1. The maximum Gasteiger partial charge on any atom is 0.228 e. The summed E-state index contributed by atoms with van der Waals surface area (Å²) < 4.78 is 2.07. The summed E-state index contributed by atoms with van der Waals surface area (Å²) in [6.45, 7) is 8.83. The van der Waals surface area contributed by atoms with E-state index < -0.39 is 0 Å². The highest BCUT2D eigenvalue weighted by Gasteiger charge is 2.13. The Kier molecular flexibility index (Phi) is 9.48. The molecule has 1 aromatic rings. The Hall–Kier alpha value is -0.900. The zero-order valence-corrected chi connectivity index (χ0v) is 13.8. The molecule has 0 aliphatic rings. The van der Waals surface area contributed by atoms with Gasteiger partial charge < -0.3 is 21.9 Å². The first-order chi connectivity index (χ1) is 8.67. The summed E-state index contributed by atoms with van der Waals surface area (Å²) in [4.78, 5) is 14.1. The first-order valence-electron chi connectivity index (χ1n) is 6.90. The van der Waals surface area contributed by atoms with E-state index in [4.69, 9.17) is 0 Å². The Balaban J connectivity index is 0.00000324. The van der Waals surface area contributed by atoms with Gasteiger partial charge in [0.25, 0.3) is 0 Å². The highest BCUT2D eigenvalue weighted by Crippen LogP contribution is 1.99. The summed E-state index contributed by atoms with van der Waals surface area (Å²) in [5.74, 6) is 0.270. The number of halogens is 1. The van der Waals surface area contributed by atoms with E-state index in [2.05, 4.69) is 37.5 Å². The smallest absolute Gasteiger partial charge is 0.228 e. The molecule has 0 saturated carbocycles. The number of amides is 1. The van der Waals surface area contributed by atoms with Crippen LogP contribution in [0.1, 0.15) is 38.7 Å². The largest absolute Gasteiger partial charge is 1.00 e. The van der Waals surface area contributed by atoms with Gasteiger partial charge in [0, 0.05) is 25.2 Å². The van der Waals surface area contributed by atoms with Crippen LogP contribution in [0, 0.1) is 6.92 Å². The van der Waals surface area contributed by atoms with Gasteiger partial charge in [-0.3, -0.25) is 4.79 Å². The quantitative estimate of drug-likeness (QED) is 0.609. The summed E-state index contributed by atoms with van der Waals surface area (Å²) in [6, 6.07) is 4.14. The molecule has 0 N–H and O–H groups in total. The topological polar surface area (TPSA) is 24.2 Å². The van der Waals surface area contributed by atoms with Crippen LogP contribution < -0.4 is 21.5 Å². The van der Waals surface area contributed by atoms with Crippen LogP contribution in [0.15, 0.2) is 24.5 Å². The lowest BCUT2D eigenvalue weighted by Gasteiger charge is -2.20. The molecule has 1 aromatic heterocycles. The predicted octanol–water partition coefficient (Wildman–Crippen LogP) is -0.675. The molecule has 1 rings (SSSR count). The van der Waals surface area contributed by atoms with Crippen molar-refractivity contribution in [3.8, 4) is 0 Å². The number of carbonyl (C=O) groups is 1. The molecule has 0 fully saturated rings. The Bertz CT molecular complexity index is 359. The second-order valence-corrected chi connectivity index (χ2v) is 4.74. The Morgan fingerprint density at radius 1 is 1.16 bits per heavy atom. The number of carbonyl (C=O) groups excluding carboxylic acids is 1. The molecular weight excluding hydrogens is 304 g/mol. The van der Waals surface area contributed by atoms with Crippen molar-refractivity contribution in [1.82, 2.24) is 4.90 Å². The van der Waals surface area contributed by atoms with Gasteiger partial charge in [0.1, 0.15) is 0 Å². The number of pyridine rings is 1. The average molecular weight is 329 g/mol. The van der Waals surface area contributed by atoms with Gasteiger partial charge in [0.15, 0.2) is 18.9 Å². The van der Waals surface area contributed by atoms with Gasteiger partial charge in [0.05, 0.1) is 6.42 Å². The molecule has 0 unspecified atom stereocenters. The molecule has 0 bridgehead atoms. The monoisotopic (exact) mass is 328 g/mol. The number of hydrogen-bond donors (Lipinski definition) is 0. The highest BCUT2D eigenvalue weighted by molar-refractivity contribution is 5.75. The molecule has 108 valence electrons. The van der Waals surface area contributed by atoms with Crippen LogP contribution in [0.25, 0.3) is 0 Å². The zero-order valence-electron chi connectivity index (χ0n) is 12.2. The standard InChI is InChI=1S/C15H25N2O.BrH/c1-4-9-17(10-5-2)15(18)8-13-16-11-6-14(3)7-12-16;/h6-7,11-12H,4-5,8-10,13H2,1-3H3;1H/q+1;/p-1. The van der Waals surface area contributed by atoms with Crippen LogP contribution in [0.3, 0.4) is 0 Å². The van der Waals surface area contributed by atoms with Gasteiger partial charge in [0.2, 0.25) is 5.91 Å². The normalized spacial score (nSPS) is 9.84. The Morgan fingerprint density at radius 3 is 2.16 bits per heavy atom. The lowest BCUT2D eigenvalue weighted by Crippen LogP contribution is -3.00. The van der Waals surface area contributed by atoms with Crippen molar-refractivity contribution in [3.05, 3.63) is 30.1 Å². The fourth-order valence-corrected chi connectivity index (χ4v) is 1.96. The second kappa shape index (κ2) is 9.96. The third-order valence-corrected chi connectivity index (χ3v) is 2.98. The van der Waals surface area contributed by atoms with Gasteiger partial charge in [-0.15, -0.1) is 0 Å². The van der Waals surface area contributed by atoms with Crippen molar-refractivity contribution in [1.29, 1.82) is 0 Å². The van der Waals surface area contributed by atoms with Crippen molar-refractivity contribution in [2.24, 2.45) is 0 Å². The van der Waals surface area contributed by atoms with Crippen LogP contribution in [0.5, 0.6) is 0 Å². The van der Waals surface area contributed by atoms with E-state index in [0.29, 0.717) is 6.42 Å². The Labute approximate surface area is 127 Å². The fraction of sp³-hybridized carbons (Fsp3) is 0.600. The number of rotatable bonds is 7. The van der Waals surface area contributed by atoms with Gasteiger partial charge >= 0.3 is 0 Å². The Morgan fingerprint density at radius 2 is 1.68 bits per heavy atom. The third-order valence-electron chi connectivity index (χ3n) is 2.98. The molecule has 4 heteroatoms. The number of aromatic nitrogens is 1. The summed E-state index contributed by atoms with van der Waals surface area (Å²) in [7, 11) is 0. The van der Waals surface area contributed by atoms with Crippen molar-refractivity contribution >= 4 is 5.91 Å². The number of nitrogens with zero attached hydrogens (tertiary/aromatic N) is 2. The molecule has 0 saturated heterocycles. The lowest BCUT2D eigenvalue weighted by molar-refractivity contribution is -0.696. The minimum atomic E-state index is 0. The third kappa shape index (κ3) is 6.71. The van der Waals surface area contributed by atoms with Crippen molar-refractivity contribution in [2.45, 2.75) is 46.6 Å². The van der Waals surface area contributed by atoms with Gasteiger partial charge in [-0.25, -0.2) is 4.57 Å². The van der Waals surface area contributed by atoms with Crippen LogP contribution in [-0.4, -0.2) is 23.9 Å². The summed E-state index contributed by atoms with van der Waals surface area (Å²) >= 11 is 0. The van der Waals surface area contributed by atoms with E-state index in [0.717, 1.165) is 32.5 Å². The molecule has 0 atom stereocenters. The van der Waals surface area contributed by atoms with Crippen LogP contribution in [0.4, 0.5) is 0 Å². The minimum Gasteiger partial charge on any atom is -1.00 e. The fourth-order valence-electron chi connectivity index (χ4n) is 1.96. The maximum atomic E-state index is 12.1. The highest BCUT2D eigenvalue weighted by atomic mass is 79.9. The van der Waals surface area contributed by atoms with Crippen LogP contribution >= 0.6 is 0 Å². The molecule has 1 amide bonds. The molecule has 3 nitrogen and oxygen atoms in total. The van der Waals surface area contributed by atoms with Gasteiger partial charge in [-0.1, -0.05) is 13.8 Å². The summed E-state index contributed by atoms with van der Waals surface area (Å²) in [5.41, 5.74) is 1.25. The SMILES string of the molecule is CCCN(CCC)C(=O)CC[n+]1ccc(C)cc1.[Br-]. The first-order valence-corrected chi connectivity index (χ1v) is 6.90. The molecule has 1 heterocycles. The molecule has 0 aliphatic heterocycles. The molecule has 0 aromatic carbocycles. The van der Waals surface area contributed by atoms with Crippen molar-refractivity contribution < 1.29 is 26.3 Å². The van der Waals surface area contributed by atoms with E-state index in [1.807, 2.05) is 17.3 Å². The molecule has 0 radical (unpaired) electrons. The molecular formula is C15H25BrN2O. The first kappa shape index (κ1) is 18.1.